The van der Waals surface area contributed by atoms with Crippen LogP contribution in [0.3, 0.4) is 0 Å². The van der Waals surface area contributed by atoms with Gasteiger partial charge in [0.2, 0.25) is 5.95 Å². The fourth-order valence-electron chi connectivity index (χ4n) is 1.47. The van der Waals surface area contributed by atoms with Gasteiger partial charge in [-0.25, -0.2) is 9.97 Å². The Bertz CT molecular complexity index is 524. The molecule has 0 bridgehead atoms. The standard InChI is InChI=1S/C12H15N5/c1-8-5-4-6-14-11(8)17-12-15-9(2)7-10(13-3)16-12/h4-7H,1-3H3,(H2,13,14,15,16,17). The van der Waals surface area contributed by atoms with Gasteiger partial charge in [-0.1, -0.05) is 6.07 Å². The summed E-state index contributed by atoms with van der Waals surface area (Å²) in [6.45, 7) is 3.92. The maximum absolute atomic E-state index is 4.32. The van der Waals surface area contributed by atoms with Gasteiger partial charge in [-0.05, 0) is 25.5 Å². The zero-order valence-electron chi connectivity index (χ0n) is 10.2. The van der Waals surface area contributed by atoms with Crippen molar-refractivity contribution in [3.8, 4) is 0 Å². The quantitative estimate of drug-likeness (QED) is 0.845. The second-order valence-corrected chi connectivity index (χ2v) is 3.76. The largest absolute Gasteiger partial charge is 0.373 e. The predicted octanol–water partition coefficient (Wildman–Crippen LogP) is 2.27. The summed E-state index contributed by atoms with van der Waals surface area (Å²) in [7, 11) is 1.83. The van der Waals surface area contributed by atoms with Crippen LogP contribution in [0.2, 0.25) is 0 Å². The lowest BCUT2D eigenvalue weighted by Gasteiger charge is -2.08. The van der Waals surface area contributed by atoms with E-state index in [1.165, 1.54) is 0 Å². The Kier molecular flexibility index (Phi) is 3.18. The molecule has 0 saturated heterocycles. The Morgan fingerprint density at radius 2 is 2.00 bits per heavy atom. The van der Waals surface area contributed by atoms with Crippen LogP contribution in [-0.4, -0.2) is 22.0 Å². The Morgan fingerprint density at radius 1 is 1.18 bits per heavy atom. The van der Waals surface area contributed by atoms with Gasteiger partial charge in [0.05, 0.1) is 0 Å². The number of hydrogen-bond donors (Lipinski definition) is 2. The maximum atomic E-state index is 4.32. The zero-order valence-corrected chi connectivity index (χ0v) is 10.2. The Morgan fingerprint density at radius 3 is 2.71 bits per heavy atom. The molecule has 0 aromatic carbocycles. The van der Waals surface area contributed by atoms with Crippen molar-refractivity contribution in [1.29, 1.82) is 0 Å². The summed E-state index contributed by atoms with van der Waals surface area (Å²) in [6, 6.07) is 5.78. The third-order valence-corrected chi connectivity index (χ3v) is 2.35. The third kappa shape index (κ3) is 2.69. The van der Waals surface area contributed by atoms with Crippen molar-refractivity contribution in [3.63, 3.8) is 0 Å². The molecule has 0 amide bonds. The number of aromatic nitrogens is 3. The molecule has 0 spiro atoms. The van der Waals surface area contributed by atoms with Gasteiger partial charge in [-0.15, -0.1) is 0 Å². The van der Waals surface area contributed by atoms with Crippen LogP contribution in [0.15, 0.2) is 24.4 Å². The van der Waals surface area contributed by atoms with Crippen LogP contribution in [0.4, 0.5) is 17.6 Å². The van der Waals surface area contributed by atoms with Crippen LogP contribution in [-0.2, 0) is 0 Å². The van der Waals surface area contributed by atoms with E-state index in [1.807, 2.05) is 39.1 Å². The van der Waals surface area contributed by atoms with E-state index in [9.17, 15) is 0 Å². The number of rotatable bonds is 3. The molecule has 0 atom stereocenters. The molecule has 2 heterocycles. The van der Waals surface area contributed by atoms with Gasteiger partial charge in [-0.2, -0.15) is 4.98 Å². The topological polar surface area (TPSA) is 62.7 Å². The zero-order chi connectivity index (χ0) is 12.3. The van der Waals surface area contributed by atoms with Crippen LogP contribution in [0.1, 0.15) is 11.3 Å². The van der Waals surface area contributed by atoms with Gasteiger partial charge in [0.1, 0.15) is 11.6 Å². The number of nitrogens with one attached hydrogen (secondary N) is 2. The fraction of sp³-hybridized carbons (Fsp3) is 0.250. The first-order chi connectivity index (χ1) is 8.19. The van der Waals surface area contributed by atoms with E-state index in [0.29, 0.717) is 5.95 Å². The molecule has 0 unspecified atom stereocenters. The van der Waals surface area contributed by atoms with Crippen LogP contribution < -0.4 is 10.6 Å². The summed E-state index contributed by atoms with van der Waals surface area (Å²) in [4.78, 5) is 12.9. The average molecular weight is 229 g/mol. The van der Waals surface area contributed by atoms with E-state index >= 15 is 0 Å². The maximum Gasteiger partial charge on any atom is 0.230 e. The van der Waals surface area contributed by atoms with Crippen molar-refractivity contribution >= 4 is 17.6 Å². The van der Waals surface area contributed by atoms with E-state index in [0.717, 1.165) is 22.9 Å². The molecule has 0 aliphatic carbocycles. The molecule has 2 rings (SSSR count). The Labute approximate surface area is 100 Å². The molecular weight excluding hydrogens is 214 g/mol. The highest BCUT2D eigenvalue weighted by atomic mass is 15.2. The highest BCUT2D eigenvalue weighted by Gasteiger charge is 2.04. The Balaban J connectivity index is 2.30. The molecule has 5 nitrogen and oxygen atoms in total. The molecule has 17 heavy (non-hydrogen) atoms. The van der Waals surface area contributed by atoms with Gasteiger partial charge in [-0.3, -0.25) is 0 Å². The van der Waals surface area contributed by atoms with E-state index in [1.54, 1.807) is 6.20 Å². The summed E-state index contributed by atoms with van der Waals surface area (Å²) < 4.78 is 0. The molecule has 5 heteroatoms. The van der Waals surface area contributed by atoms with Gasteiger partial charge >= 0.3 is 0 Å². The first-order valence-corrected chi connectivity index (χ1v) is 5.41. The summed E-state index contributed by atoms with van der Waals surface area (Å²) in [5.74, 6) is 2.12. The minimum atomic E-state index is 0.552. The fourth-order valence-corrected chi connectivity index (χ4v) is 1.47. The molecule has 2 aromatic rings. The second-order valence-electron chi connectivity index (χ2n) is 3.76. The van der Waals surface area contributed by atoms with Gasteiger partial charge in [0.25, 0.3) is 0 Å². The summed E-state index contributed by atoms with van der Waals surface area (Å²) >= 11 is 0. The molecular formula is C12H15N5. The molecule has 2 aromatic heterocycles. The summed E-state index contributed by atoms with van der Waals surface area (Å²) in [5.41, 5.74) is 1.96. The Hall–Kier alpha value is -2.17. The minimum Gasteiger partial charge on any atom is -0.373 e. The smallest absolute Gasteiger partial charge is 0.230 e. The molecule has 2 N–H and O–H groups in total. The van der Waals surface area contributed by atoms with Crippen LogP contribution in [0, 0.1) is 13.8 Å². The number of hydrogen-bond acceptors (Lipinski definition) is 5. The normalized spacial score (nSPS) is 10.1. The summed E-state index contributed by atoms with van der Waals surface area (Å²) in [5, 5.41) is 6.11. The first-order valence-electron chi connectivity index (χ1n) is 5.41. The van der Waals surface area contributed by atoms with Gasteiger partial charge in [0.15, 0.2) is 0 Å². The summed E-state index contributed by atoms with van der Waals surface area (Å²) in [6.07, 6.45) is 1.74. The van der Waals surface area contributed by atoms with Crippen molar-refractivity contribution in [3.05, 3.63) is 35.7 Å². The molecule has 0 aliphatic heterocycles. The molecule has 0 aliphatic rings. The van der Waals surface area contributed by atoms with E-state index in [2.05, 4.69) is 25.6 Å². The molecule has 88 valence electrons. The van der Waals surface area contributed by atoms with Crippen LogP contribution >= 0.6 is 0 Å². The monoisotopic (exact) mass is 229 g/mol. The molecule has 0 radical (unpaired) electrons. The lowest BCUT2D eigenvalue weighted by atomic mass is 10.3. The number of anilines is 3. The molecule has 0 fully saturated rings. The number of nitrogens with zero attached hydrogens (tertiary/aromatic N) is 3. The van der Waals surface area contributed by atoms with E-state index < -0.39 is 0 Å². The minimum absolute atomic E-state index is 0.552. The van der Waals surface area contributed by atoms with E-state index in [-0.39, 0.29) is 0 Å². The van der Waals surface area contributed by atoms with Gasteiger partial charge in [0, 0.05) is 25.0 Å². The predicted molar refractivity (Wildman–Crippen MR) is 68.6 cm³/mol. The van der Waals surface area contributed by atoms with Gasteiger partial charge < -0.3 is 10.6 Å². The highest BCUT2D eigenvalue weighted by molar-refractivity contribution is 5.54. The average Bonchev–Trinajstić information content (AvgIpc) is 2.31. The van der Waals surface area contributed by atoms with Crippen LogP contribution in [0.25, 0.3) is 0 Å². The second kappa shape index (κ2) is 4.78. The third-order valence-electron chi connectivity index (χ3n) is 2.35. The lowest BCUT2D eigenvalue weighted by Crippen LogP contribution is -2.04. The SMILES string of the molecule is CNc1cc(C)nc(Nc2ncccc2C)n1. The number of aryl methyl sites for hydroxylation is 2. The van der Waals surface area contributed by atoms with Crippen molar-refractivity contribution in [2.24, 2.45) is 0 Å². The van der Waals surface area contributed by atoms with Crippen molar-refractivity contribution in [1.82, 2.24) is 15.0 Å². The molecule has 0 saturated carbocycles. The van der Waals surface area contributed by atoms with E-state index in [4.69, 9.17) is 0 Å². The number of pyridine rings is 1. The highest BCUT2D eigenvalue weighted by Crippen LogP contribution is 2.16. The van der Waals surface area contributed by atoms with Crippen LogP contribution in [0.5, 0.6) is 0 Å². The van der Waals surface area contributed by atoms with Crippen molar-refractivity contribution < 1.29 is 0 Å². The first kappa shape index (κ1) is 11.3. The van der Waals surface area contributed by atoms with Crippen molar-refractivity contribution in [2.75, 3.05) is 17.7 Å². The van der Waals surface area contributed by atoms with Crippen molar-refractivity contribution in [2.45, 2.75) is 13.8 Å². The lowest BCUT2D eigenvalue weighted by molar-refractivity contribution is 1.09.